The molecule has 2 amide bonds. The van der Waals surface area contributed by atoms with Crippen molar-refractivity contribution < 1.29 is 24.2 Å². The van der Waals surface area contributed by atoms with E-state index < -0.39 is 0 Å². The molecule has 0 aromatic heterocycles. The number of hydrogen-bond acceptors (Lipinski definition) is 6. The highest BCUT2D eigenvalue weighted by atomic mass is 79.9. The molecule has 2 aliphatic heterocycles. The van der Waals surface area contributed by atoms with Crippen molar-refractivity contribution in [1.29, 1.82) is 0 Å². The zero-order chi connectivity index (χ0) is 25.4. The lowest BCUT2D eigenvalue weighted by molar-refractivity contribution is 0.0503. The summed E-state index contributed by atoms with van der Waals surface area (Å²) in [6.07, 6.45) is 1.79. The molecule has 1 aliphatic carbocycles. The van der Waals surface area contributed by atoms with Gasteiger partial charge >= 0.3 is 6.03 Å². The van der Waals surface area contributed by atoms with Gasteiger partial charge in [-0.25, -0.2) is 4.79 Å². The Hall–Kier alpha value is -2.78. The average Bonchev–Trinajstić information content (AvgIpc) is 3.14. The number of hydrogen-bond donors (Lipinski definition) is 2. The van der Waals surface area contributed by atoms with Crippen LogP contribution in [0.15, 0.2) is 46.0 Å². The van der Waals surface area contributed by atoms with Gasteiger partial charge < -0.3 is 29.6 Å². The van der Waals surface area contributed by atoms with Gasteiger partial charge in [0.05, 0.1) is 25.5 Å². The Labute approximate surface area is 219 Å². The number of rotatable bonds is 5. The molecule has 9 heteroatoms. The van der Waals surface area contributed by atoms with Crippen LogP contribution in [0.5, 0.6) is 11.5 Å². The molecule has 4 atom stereocenters. The third-order valence-electron chi connectivity index (χ3n) is 7.96. The number of carbonyl (C=O) groups excluding carboxylic acids is 1. The van der Waals surface area contributed by atoms with Crippen molar-refractivity contribution in [2.24, 2.45) is 11.1 Å². The summed E-state index contributed by atoms with van der Waals surface area (Å²) >= 11 is 3.71. The number of methoxy groups -OCH3 is 1. The van der Waals surface area contributed by atoms with Crippen molar-refractivity contribution >= 4 is 27.7 Å². The van der Waals surface area contributed by atoms with E-state index in [2.05, 4.69) is 33.3 Å². The number of ether oxygens (including phenoxy) is 2. The maximum atomic E-state index is 13.5. The third kappa shape index (κ3) is 4.02. The minimum Gasteiger partial charge on any atom is -0.495 e. The Morgan fingerprint density at radius 2 is 2.08 bits per heavy atom. The molecule has 2 heterocycles. The number of nitrogens with one attached hydrogen (secondary N) is 1. The molecule has 0 saturated heterocycles. The fourth-order valence-electron chi connectivity index (χ4n) is 6.31. The van der Waals surface area contributed by atoms with Crippen molar-refractivity contribution in [2.75, 3.05) is 20.8 Å². The van der Waals surface area contributed by atoms with Crippen LogP contribution in [0.1, 0.15) is 42.9 Å². The molecule has 0 radical (unpaired) electrons. The van der Waals surface area contributed by atoms with Crippen LogP contribution in [-0.4, -0.2) is 54.7 Å². The summed E-state index contributed by atoms with van der Waals surface area (Å²) in [5.41, 5.74) is 3.69. The average molecular weight is 558 g/mol. The molecule has 1 spiro atoms. The van der Waals surface area contributed by atoms with E-state index in [1.54, 1.807) is 19.1 Å². The fourth-order valence-corrected chi connectivity index (χ4v) is 6.88. The Bertz CT molecular complexity index is 1170. The van der Waals surface area contributed by atoms with Crippen LogP contribution in [0.25, 0.3) is 0 Å². The smallest absolute Gasteiger partial charge is 0.318 e. The molecule has 1 fully saturated rings. The highest BCUT2D eigenvalue weighted by Gasteiger charge is 2.59. The Balaban J connectivity index is 1.56. The van der Waals surface area contributed by atoms with Crippen LogP contribution in [0.4, 0.5) is 4.79 Å². The van der Waals surface area contributed by atoms with Crippen LogP contribution in [0, 0.1) is 5.92 Å². The van der Waals surface area contributed by atoms with E-state index in [4.69, 9.17) is 14.3 Å². The second kappa shape index (κ2) is 9.94. The zero-order valence-corrected chi connectivity index (χ0v) is 22.4. The predicted octanol–water partition coefficient (Wildman–Crippen LogP) is 4.37. The topological polar surface area (TPSA) is 92.6 Å². The zero-order valence-electron chi connectivity index (χ0n) is 20.8. The SMILES string of the molecule is CO/N=C1\C[C@@H](C)[C@]23C[C@@H](CO)N(C(=O)NCc4ccccc4)Cc4cc(OC)c(Br)c(c42)O[C@@H]3C1. The van der Waals surface area contributed by atoms with Crippen molar-refractivity contribution in [3.05, 3.63) is 57.6 Å². The van der Waals surface area contributed by atoms with Crippen LogP contribution >= 0.6 is 15.9 Å². The van der Waals surface area contributed by atoms with Gasteiger partial charge in [0.2, 0.25) is 0 Å². The number of benzene rings is 2. The van der Waals surface area contributed by atoms with Gasteiger partial charge in [-0.2, -0.15) is 0 Å². The van der Waals surface area contributed by atoms with Gasteiger partial charge in [0, 0.05) is 30.5 Å². The van der Waals surface area contributed by atoms with Crippen LogP contribution < -0.4 is 14.8 Å². The lowest BCUT2D eigenvalue weighted by Gasteiger charge is -2.45. The van der Waals surface area contributed by atoms with E-state index in [0.29, 0.717) is 31.7 Å². The van der Waals surface area contributed by atoms with Crippen molar-refractivity contribution in [2.45, 2.75) is 56.8 Å². The number of carbonyl (C=O) groups is 1. The van der Waals surface area contributed by atoms with Gasteiger partial charge in [0.1, 0.15) is 29.2 Å². The van der Waals surface area contributed by atoms with Crippen LogP contribution in [0.3, 0.4) is 0 Å². The number of urea groups is 1. The van der Waals surface area contributed by atoms with Gasteiger partial charge in [-0.1, -0.05) is 42.4 Å². The molecule has 3 aliphatic rings. The molecule has 1 saturated carbocycles. The molecule has 5 rings (SSSR count). The first kappa shape index (κ1) is 24.9. The van der Waals surface area contributed by atoms with E-state index in [1.807, 2.05) is 36.4 Å². The third-order valence-corrected chi connectivity index (χ3v) is 8.72. The van der Waals surface area contributed by atoms with Crippen molar-refractivity contribution in [3.8, 4) is 11.5 Å². The lowest BCUT2D eigenvalue weighted by atomic mass is 9.59. The summed E-state index contributed by atoms with van der Waals surface area (Å²) in [5.74, 6) is 1.58. The Morgan fingerprint density at radius 3 is 2.78 bits per heavy atom. The predicted molar refractivity (Wildman–Crippen MR) is 139 cm³/mol. The number of aliphatic hydroxyl groups is 1. The van der Waals surface area contributed by atoms with E-state index in [-0.39, 0.29) is 36.1 Å². The highest BCUT2D eigenvalue weighted by Crippen LogP contribution is 2.60. The summed E-state index contributed by atoms with van der Waals surface area (Å²) in [6.45, 7) is 2.83. The number of oxime groups is 1. The monoisotopic (exact) mass is 557 g/mol. The molecule has 0 bridgehead atoms. The summed E-state index contributed by atoms with van der Waals surface area (Å²) < 4.78 is 13.1. The first-order valence-electron chi connectivity index (χ1n) is 12.3. The molecule has 2 N–H and O–H groups in total. The summed E-state index contributed by atoms with van der Waals surface area (Å²) in [4.78, 5) is 20.4. The van der Waals surface area contributed by atoms with Gasteiger partial charge in [0.25, 0.3) is 0 Å². The lowest BCUT2D eigenvalue weighted by Crippen LogP contribution is -2.54. The number of nitrogens with zero attached hydrogens (tertiary/aromatic N) is 2. The van der Waals surface area contributed by atoms with Gasteiger partial charge in [0.15, 0.2) is 0 Å². The standard InChI is InChI=1S/C27H32BrN3O5/c1-16-9-19(30-35-3)11-22-27(16)12-20(15-32)31(26(33)29-13-17-7-5-4-6-8-17)14-18-10-21(34-2)24(28)25(36-22)23(18)27/h4-8,10,16,20,22,32H,9,11-15H2,1-3H3,(H,29,33)/b30-19+/t16-,20+,22-,27+/m1/s1. The molecule has 2 aromatic carbocycles. The number of halogens is 1. The van der Waals surface area contributed by atoms with Crippen molar-refractivity contribution in [3.63, 3.8) is 0 Å². The Morgan fingerprint density at radius 1 is 1.31 bits per heavy atom. The van der Waals surface area contributed by atoms with E-state index in [0.717, 1.165) is 39.0 Å². The summed E-state index contributed by atoms with van der Waals surface area (Å²) in [5, 5.41) is 17.9. The second-order valence-electron chi connectivity index (χ2n) is 9.87. The van der Waals surface area contributed by atoms with E-state index >= 15 is 0 Å². The molecule has 0 unspecified atom stereocenters. The number of amides is 2. The fraction of sp³-hybridized carbons (Fsp3) is 0.481. The van der Waals surface area contributed by atoms with Gasteiger partial charge in [-0.15, -0.1) is 0 Å². The molecule has 192 valence electrons. The molecular formula is C27H32BrN3O5. The molecule has 36 heavy (non-hydrogen) atoms. The largest absolute Gasteiger partial charge is 0.495 e. The molecule has 8 nitrogen and oxygen atoms in total. The van der Waals surface area contributed by atoms with E-state index in [1.165, 1.54) is 0 Å². The quantitative estimate of drug-likeness (QED) is 0.532. The highest BCUT2D eigenvalue weighted by molar-refractivity contribution is 9.10. The van der Waals surface area contributed by atoms with E-state index in [9.17, 15) is 9.90 Å². The van der Waals surface area contributed by atoms with Crippen LogP contribution in [-0.2, 0) is 23.3 Å². The van der Waals surface area contributed by atoms with Crippen LogP contribution in [0.2, 0.25) is 0 Å². The van der Waals surface area contributed by atoms with Gasteiger partial charge in [-0.3, -0.25) is 0 Å². The minimum absolute atomic E-state index is 0.138. The van der Waals surface area contributed by atoms with Gasteiger partial charge in [-0.05, 0) is 51.9 Å². The number of aliphatic hydroxyl groups excluding tert-OH is 1. The molecule has 2 aromatic rings. The summed E-state index contributed by atoms with van der Waals surface area (Å²) in [6, 6.07) is 11.2. The normalized spacial score (nSPS) is 27.5. The first-order valence-corrected chi connectivity index (χ1v) is 13.1. The maximum Gasteiger partial charge on any atom is 0.318 e. The maximum absolute atomic E-state index is 13.5. The minimum atomic E-state index is -0.381. The second-order valence-corrected chi connectivity index (χ2v) is 10.7. The van der Waals surface area contributed by atoms with Crippen molar-refractivity contribution in [1.82, 2.24) is 10.2 Å². The summed E-state index contributed by atoms with van der Waals surface area (Å²) in [7, 11) is 3.19. The first-order chi connectivity index (χ1) is 17.4. The Kier molecular flexibility index (Phi) is 6.87. The molecular weight excluding hydrogens is 526 g/mol.